The fraction of sp³-hybridized carbons (Fsp3) is 0.0222. The molecule has 1 N–H and O–H groups in total. The van der Waals surface area contributed by atoms with Crippen LogP contribution in [0.3, 0.4) is 0 Å². The molecule has 10 rings (SSSR count). The van der Waals surface area contributed by atoms with E-state index in [0.717, 1.165) is 55.6 Å². The summed E-state index contributed by atoms with van der Waals surface area (Å²) in [6.07, 6.45) is -0.393. The van der Waals surface area contributed by atoms with Crippen LogP contribution in [0, 0.1) is 0 Å². The van der Waals surface area contributed by atoms with Crippen molar-refractivity contribution in [1.82, 2.24) is 5.32 Å². The molecule has 0 fully saturated rings. The second-order valence-electron chi connectivity index (χ2n) is 12.6. The molecule has 1 aromatic heterocycles. The zero-order valence-electron chi connectivity index (χ0n) is 26.5. The Balaban J connectivity index is 1.12. The molecular weight excluding hydrogens is 599 g/mol. The highest BCUT2D eigenvalue weighted by atomic mass is 16.3. The van der Waals surface area contributed by atoms with Crippen LogP contribution < -0.4 is 5.32 Å². The number of nitrogens with one attached hydrogen (secondary N) is 1. The Bertz CT molecular complexity index is 2770. The van der Waals surface area contributed by atoms with E-state index in [1.807, 2.05) is 36.4 Å². The van der Waals surface area contributed by atoms with Gasteiger partial charge in [0.2, 0.25) is 0 Å². The maximum absolute atomic E-state index is 6.44. The van der Waals surface area contributed by atoms with E-state index in [9.17, 15) is 0 Å². The lowest BCUT2D eigenvalue weighted by molar-refractivity contribution is 0.628. The SMILES string of the molecule is c1ccc(C2=NC(c3cccc(-c4ccc5c6ccccc6c6ccccc6c5c4)c3)=NC(c3cccc4c3oc3ccccc34)N2)cc1. The molecule has 0 bridgehead atoms. The molecule has 0 spiro atoms. The summed E-state index contributed by atoms with van der Waals surface area (Å²) in [7, 11) is 0. The van der Waals surface area contributed by atoms with Gasteiger partial charge in [-0.2, -0.15) is 0 Å². The van der Waals surface area contributed by atoms with Gasteiger partial charge >= 0.3 is 0 Å². The first-order chi connectivity index (χ1) is 24.3. The van der Waals surface area contributed by atoms with Crippen molar-refractivity contribution in [2.24, 2.45) is 9.98 Å². The third-order valence-corrected chi connectivity index (χ3v) is 9.72. The van der Waals surface area contributed by atoms with Gasteiger partial charge in [0.05, 0.1) is 0 Å². The highest BCUT2D eigenvalue weighted by molar-refractivity contribution is 6.25. The zero-order chi connectivity index (χ0) is 32.3. The molecule has 230 valence electrons. The zero-order valence-corrected chi connectivity index (χ0v) is 26.5. The molecule has 0 aliphatic carbocycles. The summed E-state index contributed by atoms with van der Waals surface area (Å²) in [5.74, 6) is 1.45. The van der Waals surface area contributed by atoms with Crippen LogP contribution >= 0.6 is 0 Å². The van der Waals surface area contributed by atoms with E-state index >= 15 is 0 Å². The summed E-state index contributed by atoms with van der Waals surface area (Å²) in [4.78, 5) is 10.3. The number of rotatable bonds is 4. The van der Waals surface area contributed by atoms with Crippen molar-refractivity contribution >= 4 is 65.9 Å². The summed E-state index contributed by atoms with van der Waals surface area (Å²) in [5.41, 5.74) is 6.90. The molecule has 2 heterocycles. The molecule has 0 radical (unpaired) electrons. The highest BCUT2D eigenvalue weighted by Gasteiger charge is 2.24. The third kappa shape index (κ3) is 4.53. The number of hydrogen-bond donors (Lipinski definition) is 1. The van der Waals surface area contributed by atoms with Crippen molar-refractivity contribution in [2.45, 2.75) is 6.17 Å². The smallest absolute Gasteiger partial charge is 0.159 e. The summed E-state index contributed by atoms with van der Waals surface area (Å²) < 4.78 is 6.44. The van der Waals surface area contributed by atoms with Gasteiger partial charge in [-0.1, -0.05) is 146 Å². The van der Waals surface area contributed by atoms with Crippen molar-refractivity contribution in [3.63, 3.8) is 0 Å². The number of fused-ring (bicyclic) bond motifs is 9. The number of aliphatic imine (C=N–C) groups is 2. The Kier molecular flexibility index (Phi) is 6.21. The van der Waals surface area contributed by atoms with Gasteiger partial charge in [0.15, 0.2) is 12.0 Å². The van der Waals surface area contributed by atoms with Gasteiger partial charge in [-0.25, -0.2) is 9.98 Å². The Morgan fingerprint density at radius 1 is 0.429 bits per heavy atom. The van der Waals surface area contributed by atoms with E-state index in [4.69, 9.17) is 14.4 Å². The summed E-state index contributed by atoms with van der Waals surface area (Å²) in [5, 5.41) is 13.4. The second kappa shape index (κ2) is 11.0. The van der Waals surface area contributed by atoms with E-state index in [1.165, 1.54) is 32.3 Å². The molecule has 1 atom stereocenters. The second-order valence-corrected chi connectivity index (χ2v) is 12.6. The maximum atomic E-state index is 6.44. The fourth-order valence-electron chi connectivity index (χ4n) is 7.39. The Morgan fingerprint density at radius 3 is 1.78 bits per heavy atom. The molecule has 9 aromatic rings. The monoisotopic (exact) mass is 627 g/mol. The minimum absolute atomic E-state index is 0.393. The summed E-state index contributed by atoms with van der Waals surface area (Å²) in [6, 6.07) is 57.5. The number of amidine groups is 2. The van der Waals surface area contributed by atoms with E-state index in [1.54, 1.807) is 0 Å². The number of furan rings is 1. The first-order valence-corrected chi connectivity index (χ1v) is 16.6. The van der Waals surface area contributed by atoms with Crippen molar-refractivity contribution in [3.05, 3.63) is 180 Å². The van der Waals surface area contributed by atoms with Gasteiger partial charge < -0.3 is 9.73 Å². The van der Waals surface area contributed by atoms with Crippen LogP contribution in [0.2, 0.25) is 0 Å². The van der Waals surface area contributed by atoms with Crippen molar-refractivity contribution < 1.29 is 4.42 Å². The van der Waals surface area contributed by atoms with E-state index in [2.05, 4.69) is 133 Å². The fourth-order valence-corrected chi connectivity index (χ4v) is 7.39. The van der Waals surface area contributed by atoms with Crippen LogP contribution in [0.15, 0.2) is 178 Å². The minimum Gasteiger partial charge on any atom is -0.456 e. The summed E-state index contributed by atoms with van der Waals surface area (Å²) >= 11 is 0. The Morgan fingerprint density at radius 2 is 1.00 bits per heavy atom. The predicted octanol–water partition coefficient (Wildman–Crippen LogP) is 11.2. The van der Waals surface area contributed by atoms with Crippen molar-refractivity contribution in [3.8, 4) is 11.1 Å². The van der Waals surface area contributed by atoms with Crippen LogP contribution in [-0.4, -0.2) is 11.7 Å². The van der Waals surface area contributed by atoms with Crippen molar-refractivity contribution in [2.75, 3.05) is 0 Å². The molecule has 8 aromatic carbocycles. The van der Waals surface area contributed by atoms with Gasteiger partial charge in [0.1, 0.15) is 17.0 Å². The lowest BCUT2D eigenvalue weighted by atomic mass is 9.92. The van der Waals surface area contributed by atoms with E-state index in [-0.39, 0.29) is 0 Å². The molecule has 49 heavy (non-hydrogen) atoms. The molecular formula is C45H29N3O. The Labute approximate surface area is 282 Å². The van der Waals surface area contributed by atoms with Crippen LogP contribution in [0.1, 0.15) is 22.9 Å². The van der Waals surface area contributed by atoms with Gasteiger partial charge in [-0.15, -0.1) is 0 Å². The molecule has 1 unspecified atom stereocenters. The maximum Gasteiger partial charge on any atom is 0.159 e. The largest absolute Gasteiger partial charge is 0.456 e. The molecule has 0 amide bonds. The van der Waals surface area contributed by atoms with Crippen LogP contribution in [-0.2, 0) is 0 Å². The number of hydrogen-bond acceptors (Lipinski definition) is 4. The first kappa shape index (κ1) is 27.6. The molecule has 1 aliphatic rings. The van der Waals surface area contributed by atoms with E-state index < -0.39 is 6.17 Å². The number of benzene rings is 8. The average Bonchev–Trinajstić information content (AvgIpc) is 3.57. The lowest BCUT2D eigenvalue weighted by Gasteiger charge is -2.24. The standard InChI is InChI=1S/C45H29N3O/c1-2-12-28(13-3-1)43-46-44(48-45(47-43)39-22-11-21-38-37-20-8-9-23-41(37)49-42(38)39)31-15-10-14-29(26-31)30-24-25-36-34-18-5-4-16-32(34)33-17-6-7-19-35(33)40(36)27-30/h1-27,45H,(H,46,47,48). The number of nitrogens with zero attached hydrogens (tertiary/aromatic N) is 2. The topological polar surface area (TPSA) is 49.9 Å². The summed E-state index contributed by atoms with van der Waals surface area (Å²) in [6.45, 7) is 0. The van der Waals surface area contributed by atoms with Crippen LogP contribution in [0.25, 0.3) is 65.4 Å². The number of para-hydroxylation sites is 2. The third-order valence-electron chi connectivity index (χ3n) is 9.72. The average molecular weight is 628 g/mol. The lowest BCUT2D eigenvalue weighted by Crippen LogP contribution is -2.33. The van der Waals surface area contributed by atoms with Crippen LogP contribution in [0.5, 0.6) is 0 Å². The predicted molar refractivity (Wildman–Crippen MR) is 204 cm³/mol. The van der Waals surface area contributed by atoms with Gasteiger partial charge in [0.25, 0.3) is 0 Å². The van der Waals surface area contributed by atoms with Gasteiger partial charge in [-0.05, 0) is 61.6 Å². The molecule has 4 nitrogen and oxygen atoms in total. The van der Waals surface area contributed by atoms with Gasteiger partial charge in [0, 0.05) is 27.5 Å². The van der Waals surface area contributed by atoms with Crippen LogP contribution in [0.4, 0.5) is 0 Å². The van der Waals surface area contributed by atoms with E-state index in [0.29, 0.717) is 5.84 Å². The molecule has 4 heteroatoms. The molecule has 0 saturated carbocycles. The Hall–Kier alpha value is -6.52. The normalized spacial score (nSPS) is 14.7. The van der Waals surface area contributed by atoms with Gasteiger partial charge in [-0.3, -0.25) is 0 Å². The highest BCUT2D eigenvalue weighted by Crippen LogP contribution is 2.38. The minimum atomic E-state index is -0.393. The quantitative estimate of drug-likeness (QED) is 0.197. The molecule has 0 saturated heterocycles. The first-order valence-electron chi connectivity index (χ1n) is 16.6. The molecule has 1 aliphatic heterocycles. The van der Waals surface area contributed by atoms with Crippen molar-refractivity contribution in [1.29, 1.82) is 0 Å².